The Bertz CT molecular complexity index is 1450. The van der Waals surface area contributed by atoms with Gasteiger partial charge >= 0.3 is 12.3 Å². The number of rotatable bonds is 11. The molecule has 1 aliphatic rings. The molecular formula is C29H27F7N4O5. The van der Waals surface area contributed by atoms with Gasteiger partial charge in [0.2, 0.25) is 5.91 Å². The summed E-state index contributed by atoms with van der Waals surface area (Å²) in [5, 5.41) is 7.05. The Morgan fingerprint density at radius 3 is 2.33 bits per heavy atom. The van der Waals surface area contributed by atoms with E-state index in [1.165, 1.54) is 12.1 Å². The Morgan fingerprint density at radius 1 is 0.978 bits per heavy atom. The Kier molecular flexibility index (Phi) is 11.2. The van der Waals surface area contributed by atoms with Crippen LogP contribution in [-0.4, -0.2) is 68.2 Å². The standard InChI is InChI=1S/C29H27F7N4O5/c30-18-3-1-16(2-4-18)23(17-5-19(31)7-20(32)6-17)8-26(41)40-25-11-37-10-24(33)27(25)44-14-22-9-38-21(12-43-22)13-45-28(42)39-15-29(34,35)36/h1-7,10-11,21-23,38H,8-9,12-15H2,(H,39,42)(H,40,41)/t21-,22-,23-/m0/s1. The molecule has 4 rings (SSSR count). The second-order valence-electron chi connectivity index (χ2n) is 10.00. The van der Waals surface area contributed by atoms with Crippen molar-refractivity contribution < 1.29 is 54.5 Å². The number of aromatic nitrogens is 1. The number of amides is 2. The number of nitrogens with one attached hydrogen (secondary N) is 3. The number of nitrogens with zero attached hydrogens (tertiary/aromatic N) is 1. The van der Waals surface area contributed by atoms with E-state index in [0.29, 0.717) is 11.6 Å². The summed E-state index contributed by atoms with van der Waals surface area (Å²) in [6.07, 6.45) is -4.80. The molecule has 1 aliphatic heterocycles. The highest BCUT2D eigenvalue weighted by molar-refractivity contribution is 5.93. The van der Waals surface area contributed by atoms with Crippen LogP contribution in [0.1, 0.15) is 23.5 Å². The number of pyridine rings is 1. The van der Waals surface area contributed by atoms with Gasteiger partial charge in [0.25, 0.3) is 0 Å². The number of hydrogen-bond donors (Lipinski definition) is 3. The quantitative estimate of drug-likeness (QED) is 0.257. The van der Waals surface area contributed by atoms with Crippen molar-refractivity contribution in [2.45, 2.75) is 30.7 Å². The zero-order chi connectivity index (χ0) is 32.6. The van der Waals surface area contributed by atoms with Crippen molar-refractivity contribution in [2.75, 3.05) is 38.2 Å². The molecule has 242 valence electrons. The summed E-state index contributed by atoms with van der Waals surface area (Å²) < 4.78 is 109. The summed E-state index contributed by atoms with van der Waals surface area (Å²) >= 11 is 0. The lowest BCUT2D eigenvalue weighted by molar-refractivity contribution is -0.124. The van der Waals surface area contributed by atoms with Gasteiger partial charge in [-0.3, -0.25) is 9.78 Å². The van der Waals surface area contributed by atoms with E-state index < -0.39 is 66.1 Å². The van der Waals surface area contributed by atoms with Gasteiger partial charge in [-0.1, -0.05) is 12.1 Å². The molecule has 16 heteroatoms. The van der Waals surface area contributed by atoms with Crippen LogP contribution in [0.3, 0.4) is 0 Å². The lowest BCUT2D eigenvalue weighted by Gasteiger charge is -2.30. The van der Waals surface area contributed by atoms with E-state index in [2.05, 4.69) is 15.6 Å². The zero-order valence-electron chi connectivity index (χ0n) is 23.3. The molecule has 1 fully saturated rings. The Balaban J connectivity index is 1.34. The third-order valence-corrected chi connectivity index (χ3v) is 6.51. The normalized spacial score (nSPS) is 17.3. The fourth-order valence-electron chi connectivity index (χ4n) is 4.40. The number of hydrogen-bond acceptors (Lipinski definition) is 7. The minimum Gasteiger partial charge on any atom is -0.485 e. The first-order valence-corrected chi connectivity index (χ1v) is 13.5. The van der Waals surface area contributed by atoms with Crippen LogP contribution in [0.15, 0.2) is 54.9 Å². The van der Waals surface area contributed by atoms with Gasteiger partial charge in [0.05, 0.1) is 25.0 Å². The number of ether oxygens (including phenoxy) is 3. The number of alkyl halides is 3. The maximum atomic E-state index is 14.7. The molecule has 3 N–H and O–H groups in total. The molecule has 1 saturated heterocycles. The van der Waals surface area contributed by atoms with Crippen LogP contribution in [0.2, 0.25) is 0 Å². The number of anilines is 1. The first-order chi connectivity index (χ1) is 21.4. The van der Waals surface area contributed by atoms with E-state index in [1.807, 2.05) is 0 Å². The van der Waals surface area contributed by atoms with Gasteiger partial charge in [0.1, 0.15) is 49.0 Å². The molecule has 0 radical (unpaired) electrons. The van der Waals surface area contributed by atoms with E-state index in [9.17, 15) is 40.3 Å². The van der Waals surface area contributed by atoms with E-state index in [0.717, 1.165) is 36.7 Å². The van der Waals surface area contributed by atoms with E-state index in [-0.39, 0.29) is 49.8 Å². The molecule has 0 saturated carbocycles. The summed E-state index contributed by atoms with van der Waals surface area (Å²) in [4.78, 5) is 28.2. The molecular weight excluding hydrogens is 617 g/mol. The van der Waals surface area contributed by atoms with Gasteiger partial charge in [-0.2, -0.15) is 13.2 Å². The van der Waals surface area contributed by atoms with Crippen molar-refractivity contribution >= 4 is 17.7 Å². The Hall–Kier alpha value is -4.44. The smallest absolute Gasteiger partial charge is 0.407 e. The van der Waals surface area contributed by atoms with Gasteiger partial charge in [0, 0.05) is 24.9 Å². The zero-order valence-corrected chi connectivity index (χ0v) is 23.3. The Labute approximate surface area is 252 Å². The van der Waals surface area contributed by atoms with E-state index >= 15 is 0 Å². The molecule has 3 atom stereocenters. The number of carbonyl (C=O) groups excluding carboxylic acids is 2. The molecule has 9 nitrogen and oxygen atoms in total. The van der Waals surface area contributed by atoms with Crippen LogP contribution in [-0.2, 0) is 14.3 Å². The summed E-state index contributed by atoms with van der Waals surface area (Å²) in [6, 6.07) is 7.31. The molecule has 0 aliphatic carbocycles. The highest BCUT2D eigenvalue weighted by atomic mass is 19.4. The predicted molar refractivity (Wildman–Crippen MR) is 144 cm³/mol. The average molecular weight is 645 g/mol. The highest BCUT2D eigenvalue weighted by Gasteiger charge is 2.29. The highest BCUT2D eigenvalue weighted by Crippen LogP contribution is 2.32. The fraction of sp³-hybridized carbons (Fsp3) is 0.345. The maximum absolute atomic E-state index is 14.7. The summed E-state index contributed by atoms with van der Waals surface area (Å²) in [5.74, 6) is -5.13. The first kappa shape index (κ1) is 33.5. The monoisotopic (exact) mass is 644 g/mol. The molecule has 3 aromatic rings. The van der Waals surface area contributed by atoms with Crippen molar-refractivity contribution in [1.29, 1.82) is 0 Å². The number of alkyl carbamates (subject to hydrolysis) is 1. The summed E-state index contributed by atoms with van der Waals surface area (Å²) in [6.45, 7) is -1.86. The number of benzene rings is 2. The van der Waals surface area contributed by atoms with Gasteiger partial charge < -0.3 is 30.2 Å². The van der Waals surface area contributed by atoms with Crippen molar-refractivity contribution in [3.8, 4) is 5.75 Å². The first-order valence-electron chi connectivity index (χ1n) is 13.5. The second kappa shape index (κ2) is 15.0. The van der Waals surface area contributed by atoms with Crippen LogP contribution in [0.5, 0.6) is 5.75 Å². The van der Waals surface area contributed by atoms with Gasteiger partial charge in [-0.15, -0.1) is 0 Å². The molecule has 0 unspecified atom stereocenters. The van der Waals surface area contributed by atoms with Crippen molar-refractivity contribution in [3.05, 3.63) is 89.3 Å². The predicted octanol–water partition coefficient (Wildman–Crippen LogP) is 4.82. The molecule has 1 aromatic heterocycles. The molecule has 2 amide bonds. The van der Waals surface area contributed by atoms with Crippen molar-refractivity contribution in [1.82, 2.24) is 15.6 Å². The largest absolute Gasteiger partial charge is 0.485 e. The van der Waals surface area contributed by atoms with Crippen LogP contribution < -0.4 is 20.7 Å². The lowest BCUT2D eigenvalue weighted by Crippen LogP contribution is -2.51. The minimum absolute atomic E-state index is 0.00551. The summed E-state index contributed by atoms with van der Waals surface area (Å²) in [7, 11) is 0. The maximum Gasteiger partial charge on any atom is 0.407 e. The number of morpholine rings is 1. The van der Waals surface area contributed by atoms with Crippen LogP contribution >= 0.6 is 0 Å². The lowest BCUT2D eigenvalue weighted by atomic mass is 9.88. The average Bonchev–Trinajstić information content (AvgIpc) is 2.98. The molecule has 2 heterocycles. The topological polar surface area (TPSA) is 111 Å². The molecule has 0 bridgehead atoms. The van der Waals surface area contributed by atoms with Gasteiger partial charge in [-0.05, 0) is 35.4 Å². The summed E-state index contributed by atoms with van der Waals surface area (Å²) in [5.41, 5.74) is 0.386. The number of carbonyl (C=O) groups is 2. The third-order valence-electron chi connectivity index (χ3n) is 6.51. The van der Waals surface area contributed by atoms with Gasteiger partial charge in [0.15, 0.2) is 11.6 Å². The van der Waals surface area contributed by atoms with E-state index in [4.69, 9.17) is 14.2 Å². The number of halogens is 7. The molecule has 45 heavy (non-hydrogen) atoms. The van der Waals surface area contributed by atoms with Crippen LogP contribution in [0.25, 0.3) is 0 Å². The SMILES string of the molecule is O=C(C[C@@H](c1ccc(F)cc1)c1cc(F)cc(F)c1)Nc1cncc(F)c1OC[C@@H]1CN[C@H](COC(=O)NCC(F)(F)F)CO1. The molecule has 2 aromatic carbocycles. The van der Waals surface area contributed by atoms with Gasteiger partial charge in [-0.25, -0.2) is 22.4 Å². The minimum atomic E-state index is -4.58. The Morgan fingerprint density at radius 2 is 1.69 bits per heavy atom. The van der Waals surface area contributed by atoms with Crippen LogP contribution in [0.4, 0.5) is 41.2 Å². The second-order valence-corrected chi connectivity index (χ2v) is 10.00. The van der Waals surface area contributed by atoms with Crippen LogP contribution in [0, 0.1) is 23.3 Å². The fourth-order valence-corrected chi connectivity index (χ4v) is 4.40. The third kappa shape index (κ3) is 10.3. The molecule has 0 spiro atoms. The van der Waals surface area contributed by atoms with E-state index in [1.54, 1.807) is 5.32 Å². The van der Waals surface area contributed by atoms with Crippen molar-refractivity contribution in [3.63, 3.8) is 0 Å². The van der Waals surface area contributed by atoms with Crippen molar-refractivity contribution in [2.24, 2.45) is 0 Å².